The molecule has 0 aliphatic carbocycles. The number of nitrogens with one attached hydrogen (secondary N) is 1. The first-order valence-corrected chi connectivity index (χ1v) is 14.4. The fourth-order valence-electron chi connectivity index (χ4n) is 4.58. The molecule has 1 amide bonds. The van der Waals surface area contributed by atoms with E-state index in [0.717, 1.165) is 49.2 Å². The number of aliphatic carboxylic acids is 1. The number of amides is 1. The molecule has 3 rings (SSSR count). The van der Waals surface area contributed by atoms with E-state index in [9.17, 15) is 28.0 Å². The summed E-state index contributed by atoms with van der Waals surface area (Å²) in [6.07, 6.45) is -0.588. The molecule has 2 aromatic carbocycles. The van der Waals surface area contributed by atoms with E-state index in [2.05, 4.69) is 5.32 Å². The van der Waals surface area contributed by atoms with Crippen molar-refractivity contribution in [1.82, 2.24) is 4.90 Å². The van der Waals surface area contributed by atoms with Gasteiger partial charge in [-0.15, -0.1) is 0 Å². The molecule has 1 aliphatic rings. The normalized spacial score (nSPS) is 16.2. The van der Waals surface area contributed by atoms with Crippen LogP contribution in [0.5, 0.6) is 0 Å². The van der Waals surface area contributed by atoms with Crippen molar-refractivity contribution in [1.29, 1.82) is 5.26 Å². The van der Waals surface area contributed by atoms with Crippen molar-refractivity contribution < 1.29 is 32.6 Å². The zero-order chi connectivity index (χ0) is 32.7. The molecule has 1 fully saturated rings. The van der Waals surface area contributed by atoms with Crippen LogP contribution >= 0.6 is 12.2 Å². The Hall–Kier alpha value is -4.21. The Morgan fingerprint density at radius 1 is 1.11 bits per heavy atom. The lowest BCUT2D eigenvalue weighted by Crippen LogP contribution is -2.44. The van der Waals surface area contributed by atoms with E-state index >= 15 is 0 Å². The summed E-state index contributed by atoms with van der Waals surface area (Å²) in [5.74, 6) is -3.26. The van der Waals surface area contributed by atoms with E-state index in [1.54, 1.807) is 31.7 Å². The van der Waals surface area contributed by atoms with Gasteiger partial charge >= 0.3 is 12.1 Å². The number of ether oxygens (including phenoxy) is 1. The molecule has 8 nitrogen and oxygen atoms in total. The second kappa shape index (κ2) is 14.5. The van der Waals surface area contributed by atoms with Gasteiger partial charge in [-0.3, -0.25) is 9.69 Å². The number of thiocarbonyl (C=S) groups is 1. The average Bonchev–Trinajstić information content (AvgIpc) is 3.15. The number of anilines is 2. The summed E-state index contributed by atoms with van der Waals surface area (Å²) < 4.78 is 44.4. The first kappa shape index (κ1) is 34.3. The molecule has 1 unspecified atom stereocenters. The van der Waals surface area contributed by atoms with E-state index in [1.807, 2.05) is 48.5 Å². The molecule has 0 saturated carbocycles. The van der Waals surface area contributed by atoms with Crippen molar-refractivity contribution in [2.24, 2.45) is 5.92 Å². The number of alkyl halides is 3. The highest BCUT2D eigenvalue weighted by Gasteiger charge is 2.50. The fraction of sp³-hybridized carbons (Fsp3) is 0.375. The number of carbonyl (C=O) groups excluding carboxylic acids is 1. The molecule has 1 saturated heterocycles. The summed E-state index contributed by atoms with van der Waals surface area (Å²) in [5.41, 5.74) is 2.33. The van der Waals surface area contributed by atoms with E-state index in [0.29, 0.717) is 18.0 Å². The predicted molar refractivity (Wildman–Crippen MR) is 167 cm³/mol. The number of benzene rings is 2. The second-order valence-electron chi connectivity index (χ2n) is 10.8. The van der Waals surface area contributed by atoms with Crippen molar-refractivity contribution >= 4 is 40.6 Å². The first-order chi connectivity index (χ1) is 20.7. The number of hydrogen-bond acceptors (Lipinski definition) is 6. The lowest BCUT2D eigenvalue weighted by Gasteiger charge is -2.29. The van der Waals surface area contributed by atoms with Crippen LogP contribution in [0.3, 0.4) is 0 Å². The van der Waals surface area contributed by atoms with Gasteiger partial charge in [0, 0.05) is 35.8 Å². The van der Waals surface area contributed by atoms with Crippen LogP contribution in [-0.2, 0) is 14.3 Å². The number of nitriles is 1. The van der Waals surface area contributed by atoms with Gasteiger partial charge in [-0.05, 0) is 100 Å². The zero-order valence-electron chi connectivity index (χ0n) is 24.9. The summed E-state index contributed by atoms with van der Waals surface area (Å²) in [5, 5.41) is 21.3. The third-order valence-corrected chi connectivity index (χ3v) is 7.59. The summed E-state index contributed by atoms with van der Waals surface area (Å²) in [4.78, 5) is 26.9. The maximum absolute atomic E-state index is 13.4. The lowest BCUT2D eigenvalue weighted by molar-refractivity contribution is -0.158. The predicted octanol–water partition coefficient (Wildman–Crippen LogP) is 6.91. The minimum absolute atomic E-state index is 0.182. The van der Waals surface area contributed by atoms with Gasteiger partial charge in [-0.2, -0.15) is 18.4 Å². The topological polar surface area (TPSA) is 106 Å². The highest BCUT2D eigenvalue weighted by atomic mass is 32.1. The van der Waals surface area contributed by atoms with Crippen LogP contribution < -0.4 is 10.2 Å². The number of nitrogens with zero attached hydrogens (tertiary/aromatic N) is 3. The Morgan fingerprint density at radius 2 is 1.70 bits per heavy atom. The van der Waals surface area contributed by atoms with Gasteiger partial charge < -0.3 is 20.1 Å². The van der Waals surface area contributed by atoms with Crippen molar-refractivity contribution in [2.75, 3.05) is 30.0 Å². The summed E-state index contributed by atoms with van der Waals surface area (Å²) in [6, 6.07) is 17.1. The van der Waals surface area contributed by atoms with Crippen LogP contribution in [0, 0.1) is 17.2 Å². The smallest absolute Gasteiger partial charge is 0.396 e. The molecular weight excluding hydrogens is 593 g/mol. The van der Waals surface area contributed by atoms with Gasteiger partial charge in [0.15, 0.2) is 5.11 Å². The molecule has 0 aromatic heterocycles. The number of rotatable bonds is 13. The van der Waals surface area contributed by atoms with Gasteiger partial charge in [0.2, 0.25) is 0 Å². The molecule has 44 heavy (non-hydrogen) atoms. The Labute approximate surface area is 260 Å². The van der Waals surface area contributed by atoms with Crippen molar-refractivity contribution in [2.45, 2.75) is 52.3 Å². The minimum atomic E-state index is -4.56. The monoisotopic (exact) mass is 628 g/mol. The first-order valence-electron chi connectivity index (χ1n) is 14.0. The Balaban J connectivity index is 1.69. The maximum Gasteiger partial charge on any atom is 0.396 e. The third-order valence-electron chi connectivity index (χ3n) is 7.23. The van der Waals surface area contributed by atoms with Crippen LogP contribution in [-0.4, -0.2) is 58.5 Å². The number of allylic oxidation sites excluding steroid dienone is 4. The largest absolute Gasteiger partial charge is 0.480 e. The zero-order valence-corrected chi connectivity index (χ0v) is 25.8. The van der Waals surface area contributed by atoms with E-state index < -0.39 is 29.2 Å². The molecular formula is C32H35F3N4O4S. The molecule has 0 bridgehead atoms. The number of carboxylic acid groups (broad SMARTS) is 1. The fourth-order valence-corrected chi connectivity index (χ4v) is 5.14. The number of carboxylic acids is 1. The second-order valence-corrected chi connectivity index (χ2v) is 11.2. The van der Waals surface area contributed by atoms with Crippen LogP contribution in [0.4, 0.5) is 24.5 Å². The molecule has 1 heterocycles. The molecule has 234 valence electrons. The molecule has 12 heteroatoms. The van der Waals surface area contributed by atoms with Crippen molar-refractivity contribution in [3.05, 3.63) is 72.0 Å². The van der Waals surface area contributed by atoms with Crippen molar-refractivity contribution in [3.8, 4) is 17.2 Å². The Bertz CT molecular complexity index is 1460. The molecule has 2 N–H and O–H groups in total. The van der Waals surface area contributed by atoms with Gasteiger partial charge in [-0.1, -0.05) is 24.3 Å². The van der Waals surface area contributed by atoms with Gasteiger partial charge in [0.05, 0.1) is 12.0 Å². The van der Waals surface area contributed by atoms with Gasteiger partial charge in [0.25, 0.3) is 5.91 Å². The van der Waals surface area contributed by atoms with Crippen LogP contribution in [0.25, 0.3) is 11.1 Å². The standard InChI is InChI=1S/C32H35F3N4O4S/c1-21(7-8-25(19-36)22(2)32(33,34)35)38-29(42)31(3,4)39(30(38)44)27-15-11-24(12-16-27)23-9-13-26(14-10-23)37-17-5-6-18-43-20-28(40)41/h7-16,22,37H,5-6,17-18,20H2,1-4H3,(H,40,41)/b21-7+,25-8-. The van der Waals surface area contributed by atoms with E-state index in [-0.39, 0.29) is 17.6 Å². The number of halogens is 3. The van der Waals surface area contributed by atoms with Crippen LogP contribution in [0.1, 0.15) is 40.5 Å². The van der Waals surface area contributed by atoms with Gasteiger partial charge in [0.1, 0.15) is 12.1 Å². The highest BCUT2D eigenvalue weighted by molar-refractivity contribution is 7.80. The lowest BCUT2D eigenvalue weighted by atomic mass is 10.0. The third kappa shape index (κ3) is 8.24. The summed E-state index contributed by atoms with van der Waals surface area (Å²) in [7, 11) is 0. The van der Waals surface area contributed by atoms with E-state index in [4.69, 9.17) is 22.1 Å². The average molecular weight is 629 g/mol. The Morgan fingerprint density at radius 3 is 2.25 bits per heavy atom. The highest BCUT2D eigenvalue weighted by Crippen LogP contribution is 2.37. The SMILES string of the molecule is C/C(=C\C=C(\C#N)C(C)C(F)(F)F)N1C(=O)C(C)(C)N(c2ccc(-c3ccc(NCCCCOCC(=O)O)cc3)cc2)C1=S. The maximum atomic E-state index is 13.4. The summed E-state index contributed by atoms with van der Waals surface area (Å²) >= 11 is 5.67. The quantitative estimate of drug-likeness (QED) is 0.107. The molecule has 0 spiro atoms. The van der Waals surface area contributed by atoms with E-state index in [1.165, 1.54) is 11.0 Å². The van der Waals surface area contributed by atoms with Gasteiger partial charge in [-0.25, -0.2) is 4.79 Å². The van der Waals surface area contributed by atoms with Crippen LogP contribution in [0.15, 0.2) is 72.0 Å². The van der Waals surface area contributed by atoms with Crippen molar-refractivity contribution in [3.63, 3.8) is 0 Å². The number of carbonyl (C=O) groups is 2. The Kier molecular flexibility index (Phi) is 11.3. The molecule has 2 aromatic rings. The van der Waals surface area contributed by atoms with Crippen LogP contribution in [0.2, 0.25) is 0 Å². The molecule has 1 atom stereocenters. The number of hydrogen-bond donors (Lipinski definition) is 2. The molecule has 0 radical (unpaired) electrons. The molecule has 1 aliphatic heterocycles. The summed E-state index contributed by atoms with van der Waals surface area (Å²) in [6.45, 7) is 6.76. The minimum Gasteiger partial charge on any atom is -0.480 e. The number of unbranched alkanes of at least 4 members (excludes halogenated alkanes) is 1.